The van der Waals surface area contributed by atoms with Crippen LogP contribution in [0.25, 0.3) is 11.0 Å². The summed E-state index contributed by atoms with van der Waals surface area (Å²) in [6, 6.07) is 12.9. The molecule has 1 aromatic heterocycles. The van der Waals surface area contributed by atoms with Crippen LogP contribution in [0, 0.1) is 5.92 Å². The molecule has 0 fully saturated rings. The quantitative estimate of drug-likeness (QED) is 0.733. The van der Waals surface area contributed by atoms with Crippen LogP contribution in [-0.2, 0) is 0 Å². The maximum absolute atomic E-state index is 12.8. The third kappa shape index (κ3) is 3.22. The van der Waals surface area contributed by atoms with E-state index in [4.69, 9.17) is 9.47 Å². The van der Waals surface area contributed by atoms with Crippen LogP contribution < -0.4 is 14.8 Å². The maximum Gasteiger partial charge on any atom is 0.252 e. The monoisotopic (exact) mass is 351 g/mol. The van der Waals surface area contributed by atoms with Gasteiger partial charge in [-0.2, -0.15) is 0 Å². The number of nitrogens with zero attached hydrogens (tertiary/aromatic N) is 1. The molecule has 2 aromatic carbocycles. The van der Waals surface area contributed by atoms with Crippen LogP contribution in [-0.4, -0.2) is 22.7 Å². The Labute approximate surface area is 151 Å². The molecule has 2 heterocycles. The maximum atomic E-state index is 12.8. The predicted molar refractivity (Wildman–Crippen MR) is 98.3 cm³/mol. The number of carbonyl (C=O) groups is 1. The molecule has 4 rings (SSSR count). The highest BCUT2D eigenvalue weighted by Gasteiger charge is 2.22. The van der Waals surface area contributed by atoms with Gasteiger partial charge >= 0.3 is 0 Å². The van der Waals surface area contributed by atoms with E-state index in [1.165, 1.54) is 0 Å². The van der Waals surface area contributed by atoms with Gasteiger partial charge in [0.05, 0.1) is 17.1 Å². The summed E-state index contributed by atoms with van der Waals surface area (Å²) in [6.07, 6.45) is 0.788. The van der Waals surface area contributed by atoms with Crippen molar-refractivity contribution in [3.05, 3.63) is 53.9 Å². The van der Waals surface area contributed by atoms with Crippen molar-refractivity contribution in [2.45, 2.75) is 26.3 Å². The molecular weight excluding hydrogens is 330 g/mol. The number of ether oxygens (including phenoxy) is 2. The smallest absolute Gasteiger partial charge is 0.252 e. The summed E-state index contributed by atoms with van der Waals surface area (Å²) in [5.74, 6) is 2.29. The normalized spacial score (nSPS) is 14.0. The van der Waals surface area contributed by atoms with Crippen molar-refractivity contribution in [1.82, 2.24) is 15.3 Å². The van der Waals surface area contributed by atoms with Gasteiger partial charge in [0.1, 0.15) is 5.82 Å². The number of nitrogens with one attached hydrogen (secondary N) is 2. The van der Waals surface area contributed by atoms with E-state index in [1.54, 1.807) is 18.2 Å². The predicted octanol–water partition coefficient (Wildman–Crippen LogP) is 3.81. The van der Waals surface area contributed by atoms with Crippen molar-refractivity contribution >= 4 is 16.9 Å². The Morgan fingerprint density at radius 3 is 2.81 bits per heavy atom. The molecular formula is C20H21N3O3. The highest BCUT2D eigenvalue weighted by atomic mass is 16.7. The number of rotatable bonds is 5. The lowest BCUT2D eigenvalue weighted by Crippen LogP contribution is -2.30. The van der Waals surface area contributed by atoms with Gasteiger partial charge in [-0.05, 0) is 42.7 Å². The topological polar surface area (TPSA) is 76.2 Å². The molecule has 0 saturated carbocycles. The molecule has 0 saturated heterocycles. The molecule has 1 aliphatic heterocycles. The minimum atomic E-state index is -0.194. The van der Waals surface area contributed by atoms with Gasteiger partial charge in [0.2, 0.25) is 6.79 Å². The number of aromatic amines is 1. The lowest BCUT2D eigenvalue weighted by Gasteiger charge is -2.19. The van der Waals surface area contributed by atoms with Gasteiger partial charge in [-0.3, -0.25) is 4.79 Å². The standard InChI is InChI=1S/C20H21N3O3/c1-12(2)9-16(19-21-14-5-3-4-6-15(14)22-19)23-20(24)13-7-8-17-18(10-13)26-11-25-17/h3-8,10,12,16H,9,11H2,1-2H3,(H,21,22)(H,23,24)/t16-/m1/s1. The van der Waals surface area contributed by atoms with Crippen LogP contribution >= 0.6 is 0 Å². The second-order valence-corrected chi connectivity index (χ2v) is 6.86. The van der Waals surface area contributed by atoms with E-state index >= 15 is 0 Å². The zero-order valence-electron chi connectivity index (χ0n) is 14.8. The van der Waals surface area contributed by atoms with Gasteiger partial charge in [0.25, 0.3) is 5.91 Å². The molecule has 1 amide bonds. The van der Waals surface area contributed by atoms with Crippen molar-refractivity contribution in [3.8, 4) is 11.5 Å². The Balaban J connectivity index is 1.59. The molecule has 1 atom stereocenters. The number of carbonyl (C=O) groups excluding carboxylic acids is 1. The molecule has 0 spiro atoms. The van der Waals surface area contributed by atoms with Crippen LogP contribution in [0.2, 0.25) is 0 Å². The van der Waals surface area contributed by atoms with Gasteiger partial charge in [-0.15, -0.1) is 0 Å². The molecule has 0 radical (unpaired) electrons. The zero-order valence-corrected chi connectivity index (χ0v) is 14.8. The van der Waals surface area contributed by atoms with E-state index in [2.05, 4.69) is 29.1 Å². The summed E-state index contributed by atoms with van der Waals surface area (Å²) in [5.41, 5.74) is 2.40. The molecule has 1 aliphatic rings. The van der Waals surface area contributed by atoms with Crippen molar-refractivity contribution in [3.63, 3.8) is 0 Å². The summed E-state index contributed by atoms with van der Waals surface area (Å²) >= 11 is 0. The highest BCUT2D eigenvalue weighted by molar-refractivity contribution is 5.95. The molecule has 0 unspecified atom stereocenters. The van der Waals surface area contributed by atoms with Crippen LogP contribution in [0.15, 0.2) is 42.5 Å². The minimum Gasteiger partial charge on any atom is -0.454 e. The first-order valence-electron chi connectivity index (χ1n) is 8.75. The fourth-order valence-electron chi connectivity index (χ4n) is 3.13. The molecule has 6 heteroatoms. The SMILES string of the molecule is CC(C)C[C@@H](NC(=O)c1ccc2c(c1)OCO2)c1nc2ccccc2[nH]1. The average molecular weight is 351 g/mol. The third-order valence-corrected chi connectivity index (χ3v) is 4.38. The van der Waals surface area contributed by atoms with E-state index in [-0.39, 0.29) is 18.7 Å². The van der Waals surface area contributed by atoms with Crippen molar-refractivity contribution < 1.29 is 14.3 Å². The van der Waals surface area contributed by atoms with Crippen molar-refractivity contribution in [2.24, 2.45) is 5.92 Å². The molecule has 6 nitrogen and oxygen atoms in total. The first kappa shape index (κ1) is 16.4. The molecule has 26 heavy (non-hydrogen) atoms. The fourth-order valence-corrected chi connectivity index (χ4v) is 3.13. The number of H-pyrrole nitrogens is 1. The number of hydrogen-bond acceptors (Lipinski definition) is 4. The lowest BCUT2D eigenvalue weighted by molar-refractivity contribution is 0.0929. The molecule has 0 bridgehead atoms. The van der Waals surface area contributed by atoms with E-state index < -0.39 is 0 Å². The van der Waals surface area contributed by atoms with E-state index in [0.717, 1.165) is 23.3 Å². The van der Waals surface area contributed by atoms with E-state index in [9.17, 15) is 4.79 Å². The second kappa shape index (κ2) is 6.71. The van der Waals surface area contributed by atoms with Crippen LogP contribution in [0.5, 0.6) is 11.5 Å². The van der Waals surface area contributed by atoms with Gasteiger partial charge < -0.3 is 19.8 Å². The molecule has 0 aliphatic carbocycles. The first-order valence-corrected chi connectivity index (χ1v) is 8.75. The Hall–Kier alpha value is -3.02. The second-order valence-electron chi connectivity index (χ2n) is 6.86. The van der Waals surface area contributed by atoms with Crippen molar-refractivity contribution in [1.29, 1.82) is 0 Å². The van der Waals surface area contributed by atoms with Crippen LogP contribution in [0.4, 0.5) is 0 Å². The number of fused-ring (bicyclic) bond motifs is 2. The van der Waals surface area contributed by atoms with E-state index in [0.29, 0.717) is 23.0 Å². The Morgan fingerprint density at radius 1 is 1.19 bits per heavy atom. The molecule has 134 valence electrons. The fraction of sp³-hybridized carbons (Fsp3) is 0.300. The van der Waals surface area contributed by atoms with Crippen LogP contribution in [0.3, 0.4) is 0 Å². The van der Waals surface area contributed by atoms with Gasteiger partial charge in [0, 0.05) is 5.56 Å². The summed E-state index contributed by atoms with van der Waals surface area (Å²) in [5, 5.41) is 3.10. The minimum absolute atomic E-state index is 0.158. The van der Waals surface area contributed by atoms with Gasteiger partial charge in [0.15, 0.2) is 11.5 Å². The average Bonchev–Trinajstić information content (AvgIpc) is 3.26. The zero-order chi connectivity index (χ0) is 18.1. The third-order valence-electron chi connectivity index (χ3n) is 4.38. The highest BCUT2D eigenvalue weighted by Crippen LogP contribution is 2.32. The van der Waals surface area contributed by atoms with Crippen molar-refractivity contribution in [2.75, 3.05) is 6.79 Å². The first-order chi connectivity index (χ1) is 12.6. The summed E-state index contributed by atoms with van der Waals surface area (Å²) < 4.78 is 10.7. The molecule has 2 N–H and O–H groups in total. The number of hydrogen-bond donors (Lipinski definition) is 2. The van der Waals surface area contributed by atoms with E-state index in [1.807, 2.05) is 24.3 Å². The Morgan fingerprint density at radius 2 is 2.00 bits per heavy atom. The summed E-state index contributed by atoms with van der Waals surface area (Å²) in [6.45, 7) is 4.44. The van der Waals surface area contributed by atoms with Gasteiger partial charge in [-0.25, -0.2) is 4.98 Å². The van der Waals surface area contributed by atoms with Crippen LogP contribution in [0.1, 0.15) is 42.5 Å². The Kier molecular flexibility index (Phi) is 4.24. The lowest BCUT2D eigenvalue weighted by atomic mass is 10.0. The number of imidazole rings is 1. The summed E-state index contributed by atoms with van der Waals surface area (Å²) in [7, 11) is 0. The molecule has 3 aromatic rings. The number of para-hydroxylation sites is 2. The number of amides is 1. The largest absolute Gasteiger partial charge is 0.454 e. The number of aromatic nitrogens is 2. The van der Waals surface area contributed by atoms with Gasteiger partial charge in [-0.1, -0.05) is 26.0 Å². The summed E-state index contributed by atoms with van der Waals surface area (Å²) in [4.78, 5) is 20.8. The number of benzene rings is 2. The Bertz CT molecular complexity index is 915.